The van der Waals surface area contributed by atoms with E-state index >= 15 is 0 Å². The largest absolute Gasteiger partial charge is 0.493 e. The molecule has 7 nitrogen and oxygen atoms in total. The van der Waals surface area contributed by atoms with Gasteiger partial charge in [-0.15, -0.1) is 0 Å². The van der Waals surface area contributed by atoms with Gasteiger partial charge in [0.1, 0.15) is 5.82 Å². The lowest BCUT2D eigenvalue weighted by Crippen LogP contribution is -2.39. The van der Waals surface area contributed by atoms with Crippen LogP contribution in [0.5, 0.6) is 11.5 Å². The third kappa shape index (κ3) is 4.02. The number of carbonyl (C=O) groups excluding carboxylic acids is 1. The van der Waals surface area contributed by atoms with Gasteiger partial charge in [-0.25, -0.2) is 9.48 Å². The maximum atomic E-state index is 12.8. The zero-order valence-electron chi connectivity index (χ0n) is 16.5. The van der Waals surface area contributed by atoms with Crippen molar-refractivity contribution in [1.82, 2.24) is 14.7 Å². The molecule has 0 saturated carbocycles. The number of anilines is 1. The number of nitrogens with zero attached hydrogens (tertiary/aromatic N) is 3. The Bertz CT molecular complexity index is 803. The van der Waals surface area contributed by atoms with Crippen molar-refractivity contribution in [2.75, 3.05) is 26.1 Å². The van der Waals surface area contributed by atoms with E-state index in [0.29, 0.717) is 18.8 Å². The number of hydrogen-bond acceptors (Lipinski definition) is 4. The molecule has 2 aromatic rings. The first-order valence-electron chi connectivity index (χ1n) is 9.40. The van der Waals surface area contributed by atoms with E-state index < -0.39 is 0 Å². The summed E-state index contributed by atoms with van der Waals surface area (Å²) in [4.78, 5) is 14.6. The Morgan fingerprint density at radius 2 is 1.96 bits per heavy atom. The zero-order valence-corrected chi connectivity index (χ0v) is 16.5. The summed E-state index contributed by atoms with van der Waals surface area (Å²) in [6, 6.07) is 5.95. The number of aromatic nitrogens is 2. The van der Waals surface area contributed by atoms with Crippen molar-refractivity contribution in [3.63, 3.8) is 0 Å². The van der Waals surface area contributed by atoms with Crippen LogP contribution < -0.4 is 14.8 Å². The number of hydrogen-bond donors (Lipinski definition) is 1. The maximum Gasteiger partial charge on any atom is 0.323 e. The average molecular weight is 372 g/mol. The minimum absolute atomic E-state index is 0.110. The first-order valence-corrected chi connectivity index (χ1v) is 9.40. The summed E-state index contributed by atoms with van der Waals surface area (Å²) < 4.78 is 12.6. The molecule has 0 spiro atoms. The lowest BCUT2D eigenvalue weighted by Gasteiger charge is -2.30. The Hall–Kier alpha value is -2.70. The van der Waals surface area contributed by atoms with E-state index in [1.165, 1.54) is 5.56 Å². The van der Waals surface area contributed by atoms with Gasteiger partial charge in [-0.05, 0) is 43.0 Å². The number of fused-ring (bicyclic) bond motifs is 1. The summed E-state index contributed by atoms with van der Waals surface area (Å²) in [5, 5.41) is 7.38. The number of carbonyl (C=O) groups is 1. The number of urea groups is 1. The molecule has 0 radical (unpaired) electrons. The van der Waals surface area contributed by atoms with Crippen LogP contribution in [0.1, 0.15) is 43.9 Å². The first-order chi connectivity index (χ1) is 13.1. The van der Waals surface area contributed by atoms with Gasteiger partial charge in [0.25, 0.3) is 0 Å². The van der Waals surface area contributed by atoms with E-state index in [1.807, 2.05) is 27.8 Å². The third-order valence-corrected chi connectivity index (χ3v) is 5.03. The number of rotatable bonds is 6. The molecule has 2 amide bonds. The minimum Gasteiger partial charge on any atom is -0.493 e. The highest BCUT2D eigenvalue weighted by atomic mass is 16.5. The predicted molar refractivity (Wildman–Crippen MR) is 105 cm³/mol. The van der Waals surface area contributed by atoms with Gasteiger partial charge >= 0.3 is 6.03 Å². The van der Waals surface area contributed by atoms with E-state index in [4.69, 9.17) is 9.47 Å². The van der Waals surface area contributed by atoms with Crippen LogP contribution >= 0.6 is 0 Å². The molecular formula is C20H28N4O3. The fraction of sp³-hybridized carbons (Fsp3) is 0.500. The van der Waals surface area contributed by atoms with Crippen LogP contribution in [0.2, 0.25) is 0 Å². The van der Waals surface area contributed by atoms with Crippen molar-refractivity contribution >= 4 is 11.8 Å². The number of nitrogens with one attached hydrogen (secondary N) is 1. The smallest absolute Gasteiger partial charge is 0.323 e. The summed E-state index contributed by atoms with van der Waals surface area (Å²) in [6.07, 6.45) is 4.60. The highest BCUT2D eigenvalue weighted by Gasteiger charge is 2.24. The van der Waals surface area contributed by atoms with Crippen molar-refractivity contribution in [3.05, 3.63) is 35.5 Å². The molecule has 1 N–H and O–H groups in total. The summed E-state index contributed by atoms with van der Waals surface area (Å²) in [5.74, 6) is 2.15. The molecule has 0 bridgehead atoms. The summed E-state index contributed by atoms with van der Waals surface area (Å²) in [5.41, 5.74) is 2.28. The van der Waals surface area contributed by atoms with Crippen LogP contribution in [-0.4, -0.2) is 41.5 Å². The molecule has 0 aliphatic carbocycles. The topological polar surface area (TPSA) is 68.6 Å². The highest BCUT2D eigenvalue weighted by molar-refractivity contribution is 5.88. The Morgan fingerprint density at radius 3 is 2.63 bits per heavy atom. The van der Waals surface area contributed by atoms with Gasteiger partial charge in [0.15, 0.2) is 11.5 Å². The van der Waals surface area contributed by atoms with Crippen molar-refractivity contribution in [2.45, 2.75) is 45.7 Å². The molecule has 7 heteroatoms. The zero-order chi connectivity index (χ0) is 19.4. The van der Waals surface area contributed by atoms with Crippen molar-refractivity contribution < 1.29 is 14.3 Å². The van der Waals surface area contributed by atoms with Crippen LogP contribution in [0.4, 0.5) is 10.6 Å². The quantitative estimate of drug-likeness (QED) is 0.836. The van der Waals surface area contributed by atoms with Gasteiger partial charge in [-0.3, -0.25) is 5.32 Å². The Kier molecular flexibility index (Phi) is 5.88. The van der Waals surface area contributed by atoms with Crippen LogP contribution in [-0.2, 0) is 13.0 Å². The molecule has 1 aliphatic heterocycles. The molecule has 1 atom stereocenters. The summed E-state index contributed by atoms with van der Waals surface area (Å²) in [7, 11) is 3.26. The highest BCUT2D eigenvalue weighted by Crippen LogP contribution is 2.33. The molecule has 1 aromatic heterocycles. The summed E-state index contributed by atoms with van der Waals surface area (Å²) >= 11 is 0. The molecule has 3 rings (SSSR count). The second-order valence-electron chi connectivity index (χ2n) is 6.88. The Balaban J connectivity index is 1.72. The second-order valence-corrected chi connectivity index (χ2v) is 6.88. The summed E-state index contributed by atoms with van der Waals surface area (Å²) in [6.45, 7) is 5.46. The Labute approximate surface area is 160 Å². The second kappa shape index (κ2) is 8.33. The molecular weight excluding hydrogens is 344 g/mol. The molecule has 1 aromatic carbocycles. The number of ether oxygens (including phenoxy) is 2. The SMILES string of the molecule is CCC[C@H](C)n1nccc1NC(=O)N1CCc2cc(OC)c(OC)cc2C1. The number of methoxy groups -OCH3 is 2. The number of amides is 2. The van der Waals surface area contributed by atoms with Crippen LogP contribution in [0.25, 0.3) is 0 Å². The van der Waals surface area contributed by atoms with Gasteiger partial charge < -0.3 is 14.4 Å². The van der Waals surface area contributed by atoms with E-state index in [9.17, 15) is 4.79 Å². The van der Waals surface area contributed by atoms with Crippen LogP contribution in [0.3, 0.4) is 0 Å². The van der Waals surface area contributed by atoms with Crippen molar-refractivity contribution in [3.8, 4) is 11.5 Å². The molecule has 1 aliphatic rings. The van der Waals surface area contributed by atoms with E-state index in [1.54, 1.807) is 20.4 Å². The van der Waals surface area contributed by atoms with Crippen LogP contribution in [0.15, 0.2) is 24.4 Å². The van der Waals surface area contributed by atoms with E-state index in [0.717, 1.165) is 36.4 Å². The standard InChI is InChI=1S/C20H28N4O3/c1-5-6-14(2)24-19(7-9-21-24)22-20(25)23-10-8-15-11-17(26-3)18(27-4)12-16(15)13-23/h7,9,11-12,14H,5-6,8,10,13H2,1-4H3,(H,22,25)/t14-/m0/s1. The van der Waals surface area contributed by atoms with E-state index in [2.05, 4.69) is 24.3 Å². The molecule has 146 valence electrons. The van der Waals surface area contributed by atoms with E-state index in [-0.39, 0.29) is 12.1 Å². The van der Waals surface area contributed by atoms with Crippen molar-refractivity contribution in [1.29, 1.82) is 0 Å². The molecule has 0 unspecified atom stereocenters. The predicted octanol–water partition coefficient (Wildman–Crippen LogP) is 3.85. The monoisotopic (exact) mass is 372 g/mol. The van der Waals surface area contributed by atoms with Gasteiger partial charge in [0.05, 0.1) is 26.5 Å². The van der Waals surface area contributed by atoms with Crippen LogP contribution in [0, 0.1) is 0 Å². The molecule has 2 heterocycles. The van der Waals surface area contributed by atoms with Crippen molar-refractivity contribution in [2.24, 2.45) is 0 Å². The normalized spacial score (nSPS) is 14.4. The average Bonchev–Trinajstić information content (AvgIpc) is 3.14. The molecule has 27 heavy (non-hydrogen) atoms. The fourth-order valence-electron chi connectivity index (χ4n) is 3.55. The first kappa shape index (κ1) is 19.1. The number of benzene rings is 1. The molecule has 0 saturated heterocycles. The Morgan fingerprint density at radius 1 is 1.26 bits per heavy atom. The lowest BCUT2D eigenvalue weighted by molar-refractivity contribution is 0.206. The molecule has 0 fully saturated rings. The minimum atomic E-state index is -0.110. The maximum absolute atomic E-state index is 12.8. The van der Waals surface area contributed by atoms with Gasteiger partial charge in [-0.2, -0.15) is 5.10 Å². The lowest BCUT2D eigenvalue weighted by atomic mass is 9.99. The van der Waals surface area contributed by atoms with Gasteiger partial charge in [0.2, 0.25) is 0 Å². The van der Waals surface area contributed by atoms with Gasteiger partial charge in [-0.1, -0.05) is 13.3 Å². The fourth-order valence-corrected chi connectivity index (χ4v) is 3.55. The van der Waals surface area contributed by atoms with Gasteiger partial charge in [0, 0.05) is 19.2 Å². The third-order valence-electron chi connectivity index (χ3n) is 5.03.